The molecule has 3 N–H and O–H groups in total. The summed E-state index contributed by atoms with van der Waals surface area (Å²) in [5, 5.41) is 10.1. The number of benzene rings is 2. The molecule has 0 aliphatic rings. The summed E-state index contributed by atoms with van der Waals surface area (Å²) < 4.78 is 40.7. The maximum absolute atomic E-state index is 12.1. The Morgan fingerprint density at radius 1 is 1.17 bits per heavy atom. The van der Waals surface area contributed by atoms with Crippen LogP contribution in [0.2, 0.25) is 5.02 Å². The summed E-state index contributed by atoms with van der Waals surface area (Å²) in [5.74, 6) is -0.520. The van der Waals surface area contributed by atoms with Crippen molar-refractivity contribution in [1.82, 2.24) is 0 Å². The second kappa shape index (κ2) is 7.61. The van der Waals surface area contributed by atoms with Crippen molar-refractivity contribution in [2.45, 2.75) is 12.4 Å². The van der Waals surface area contributed by atoms with Gasteiger partial charge in [0.05, 0.1) is 11.1 Å². The van der Waals surface area contributed by atoms with Gasteiger partial charge in [0.2, 0.25) is 0 Å². The molecule has 0 aliphatic carbocycles. The van der Waals surface area contributed by atoms with Gasteiger partial charge >= 0.3 is 6.36 Å². The van der Waals surface area contributed by atoms with Gasteiger partial charge in [-0.15, -0.1) is 25.6 Å². The van der Waals surface area contributed by atoms with E-state index >= 15 is 0 Å². The molecule has 1 atom stereocenters. The molecule has 0 amide bonds. The number of halogens is 6. The van der Waals surface area contributed by atoms with E-state index in [0.29, 0.717) is 15.6 Å². The molecule has 23 heavy (non-hydrogen) atoms. The standard InChI is InChI=1S/C14H10BrClF3NO2.ClH/c15-8-5-10(13(21)11(16)6-8)12(20)7-1-3-9(4-2-7)22-14(17,18)19;/h1-6,12,21H,20H2;1H/t12-;/m0./s1. The predicted octanol–water partition coefficient (Wildman–Crippen LogP) is 5.18. The third-order valence-electron chi connectivity index (χ3n) is 2.87. The SMILES string of the molecule is Cl.N[C@@H](c1ccc(OC(F)(F)F)cc1)c1cc(Br)cc(Cl)c1O. The van der Waals surface area contributed by atoms with Crippen molar-refractivity contribution in [2.75, 3.05) is 0 Å². The summed E-state index contributed by atoms with van der Waals surface area (Å²) >= 11 is 9.10. The molecule has 2 rings (SSSR count). The molecule has 0 unspecified atom stereocenters. The summed E-state index contributed by atoms with van der Waals surface area (Å²) in [6, 6.07) is 7.42. The number of hydrogen-bond acceptors (Lipinski definition) is 3. The smallest absolute Gasteiger partial charge is 0.506 e. The summed E-state index contributed by atoms with van der Waals surface area (Å²) in [7, 11) is 0. The van der Waals surface area contributed by atoms with Crippen LogP contribution in [0, 0.1) is 0 Å². The molecule has 0 bridgehead atoms. The Balaban J connectivity index is 0.00000264. The van der Waals surface area contributed by atoms with Crippen LogP contribution >= 0.6 is 39.9 Å². The van der Waals surface area contributed by atoms with E-state index in [2.05, 4.69) is 20.7 Å². The number of rotatable bonds is 3. The van der Waals surface area contributed by atoms with Gasteiger partial charge in [-0.25, -0.2) is 0 Å². The van der Waals surface area contributed by atoms with Crippen LogP contribution in [0.15, 0.2) is 40.9 Å². The van der Waals surface area contributed by atoms with Crippen molar-refractivity contribution in [1.29, 1.82) is 0 Å². The minimum absolute atomic E-state index is 0. The lowest BCUT2D eigenvalue weighted by molar-refractivity contribution is -0.274. The molecule has 0 spiro atoms. The zero-order valence-electron chi connectivity index (χ0n) is 11.3. The van der Waals surface area contributed by atoms with Gasteiger partial charge in [-0.2, -0.15) is 0 Å². The van der Waals surface area contributed by atoms with Crippen LogP contribution in [0.25, 0.3) is 0 Å². The second-order valence-electron chi connectivity index (χ2n) is 4.42. The highest BCUT2D eigenvalue weighted by Crippen LogP contribution is 2.36. The topological polar surface area (TPSA) is 55.5 Å². The van der Waals surface area contributed by atoms with Gasteiger partial charge in [0, 0.05) is 10.0 Å². The lowest BCUT2D eigenvalue weighted by Gasteiger charge is -2.16. The predicted molar refractivity (Wildman–Crippen MR) is 87.2 cm³/mol. The van der Waals surface area contributed by atoms with E-state index in [-0.39, 0.29) is 28.9 Å². The van der Waals surface area contributed by atoms with Crippen LogP contribution in [-0.2, 0) is 0 Å². The van der Waals surface area contributed by atoms with E-state index in [1.807, 2.05) is 0 Å². The normalized spacial score (nSPS) is 12.4. The van der Waals surface area contributed by atoms with Crippen LogP contribution in [-0.4, -0.2) is 11.5 Å². The lowest BCUT2D eigenvalue weighted by Crippen LogP contribution is -2.17. The van der Waals surface area contributed by atoms with Crippen molar-refractivity contribution in [3.63, 3.8) is 0 Å². The number of alkyl halides is 3. The molecule has 0 radical (unpaired) electrons. The number of aromatic hydroxyl groups is 1. The number of hydrogen-bond donors (Lipinski definition) is 2. The van der Waals surface area contributed by atoms with Crippen molar-refractivity contribution in [3.8, 4) is 11.5 Å². The van der Waals surface area contributed by atoms with Crippen molar-refractivity contribution < 1.29 is 23.0 Å². The highest BCUT2D eigenvalue weighted by Gasteiger charge is 2.31. The van der Waals surface area contributed by atoms with Gasteiger partial charge in [-0.3, -0.25) is 0 Å². The summed E-state index contributed by atoms with van der Waals surface area (Å²) in [5.41, 5.74) is 6.88. The molecule has 2 aromatic rings. The average molecular weight is 433 g/mol. The van der Waals surface area contributed by atoms with Crippen LogP contribution in [0.5, 0.6) is 11.5 Å². The maximum Gasteiger partial charge on any atom is 0.573 e. The Morgan fingerprint density at radius 3 is 2.26 bits per heavy atom. The van der Waals surface area contributed by atoms with Crippen molar-refractivity contribution in [2.24, 2.45) is 5.73 Å². The monoisotopic (exact) mass is 431 g/mol. The number of phenolic OH excluding ortho intramolecular Hbond substituents is 1. The van der Waals surface area contributed by atoms with Crippen molar-refractivity contribution >= 4 is 39.9 Å². The van der Waals surface area contributed by atoms with Gasteiger partial charge in [0.25, 0.3) is 0 Å². The molecule has 3 nitrogen and oxygen atoms in total. The Morgan fingerprint density at radius 2 is 1.74 bits per heavy atom. The highest BCUT2D eigenvalue weighted by molar-refractivity contribution is 9.10. The highest BCUT2D eigenvalue weighted by atomic mass is 79.9. The van der Waals surface area contributed by atoms with E-state index in [4.69, 9.17) is 17.3 Å². The van der Waals surface area contributed by atoms with Crippen molar-refractivity contribution in [3.05, 3.63) is 57.0 Å². The molecule has 0 aromatic heterocycles. The fourth-order valence-corrected chi connectivity index (χ4v) is 2.71. The molecular weight excluding hydrogens is 422 g/mol. The van der Waals surface area contributed by atoms with E-state index in [9.17, 15) is 18.3 Å². The zero-order chi connectivity index (χ0) is 16.5. The van der Waals surface area contributed by atoms with E-state index < -0.39 is 12.4 Å². The van der Waals surface area contributed by atoms with Gasteiger partial charge < -0.3 is 15.6 Å². The fraction of sp³-hybridized carbons (Fsp3) is 0.143. The molecule has 0 saturated carbocycles. The lowest BCUT2D eigenvalue weighted by atomic mass is 9.99. The summed E-state index contributed by atoms with van der Waals surface area (Å²) in [4.78, 5) is 0. The second-order valence-corrected chi connectivity index (χ2v) is 5.74. The van der Waals surface area contributed by atoms with E-state index in [1.165, 1.54) is 18.2 Å². The fourth-order valence-electron chi connectivity index (χ4n) is 1.88. The Kier molecular flexibility index (Phi) is 6.59. The van der Waals surface area contributed by atoms with Gasteiger partial charge in [0.15, 0.2) is 0 Å². The first-order valence-electron chi connectivity index (χ1n) is 5.96. The van der Waals surface area contributed by atoms with Gasteiger partial charge in [-0.1, -0.05) is 39.7 Å². The van der Waals surface area contributed by atoms with Crippen LogP contribution in [0.1, 0.15) is 17.2 Å². The molecule has 0 aliphatic heterocycles. The first kappa shape index (κ1) is 19.9. The minimum atomic E-state index is -4.75. The average Bonchev–Trinajstić information content (AvgIpc) is 2.41. The van der Waals surface area contributed by atoms with E-state index in [1.54, 1.807) is 6.07 Å². The van der Waals surface area contributed by atoms with Gasteiger partial charge in [-0.05, 0) is 29.8 Å². The Bertz CT molecular complexity index is 681. The maximum atomic E-state index is 12.1. The van der Waals surface area contributed by atoms with E-state index in [0.717, 1.165) is 12.1 Å². The zero-order valence-corrected chi connectivity index (χ0v) is 14.4. The summed E-state index contributed by atoms with van der Waals surface area (Å²) in [6.07, 6.45) is -4.75. The first-order valence-corrected chi connectivity index (χ1v) is 7.13. The first-order chi connectivity index (χ1) is 10.2. The molecule has 126 valence electrons. The molecule has 0 heterocycles. The quantitative estimate of drug-likeness (QED) is 0.702. The number of phenols is 1. The summed E-state index contributed by atoms with van der Waals surface area (Å²) in [6.45, 7) is 0. The molecule has 0 saturated heterocycles. The number of nitrogens with two attached hydrogens (primary N) is 1. The van der Waals surface area contributed by atoms with Crippen LogP contribution in [0.4, 0.5) is 13.2 Å². The Labute approximate surface area is 149 Å². The number of ether oxygens (including phenoxy) is 1. The van der Waals surface area contributed by atoms with Crippen LogP contribution < -0.4 is 10.5 Å². The third kappa shape index (κ3) is 5.17. The molecule has 2 aromatic carbocycles. The largest absolute Gasteiger partial charge is 0.573 e. The molecular formula is C14H11BrCl2F3NO2. The molecule has 0 fully saturated rings. The molecule has 9 heteroatoms. The Hall–Kier alpha value is -1.15. The minimum Gasteiger partial charge on any atom is -0.506 e. The van der Waals surface area contributed by atoms with Gasteiger partial charge in [0.1, 0.15) is 11.5 Å². The van der Waals surface area contributed by atoms with Crippen LogP contribution in [0.3, 0.4) is 0 Å². The third-order valence-corrected chi connectivity index (χ3v) is 3.61.